The molecule has 1 heterocycles. The van der Waals surface area contributed by atoms with Gasteiger partial charge in [-0.15, -0.1) is 0 Å². The second-order valence-corrected chi connectivity index (χ2v) is 3.29. The fraction of sp³-hybridized carbons (Fsp3) is 0.200. The molecule has 0 saturated carbocycles. The van der Waals surface area contributed by atoms with Crippen molar-refractivity contribution in [3.8, 4) is 11.4 Å². The largest absolute Gasteiger partial charge is 0.338 e. The molecule has 1 aromatic carbocycles. The predicted molar refractivity (Wildman–Crippen MR) is 52.4 cm³/mol. The maximum absolute atomic E-state index is 13.5. The maximum Gasteiger partial charge on any atom is 0.240 e. The monoisotopic (exact) mass is 243 g/mol. The zero-order valence-electron chi connectivity index (χ0n) is 8.58. The lowest BCUT2D eigenvalue weighted by atomic mass is 10.1. The van der Waals surface area contributed by atoms with E-state index in [1.54, 1.807) is 0 Å². The molecule has 0 fully saturated rings. The van der Waals surface area contributed by atoms with E-state index >= 15 is 0 Å². The number of benzene rings is 1. The third-order valence-electron chi connectivity index (χ3n) is 2.13. The van der Waals surface area contributed by atoms with Gasteiger partial charge in [-0.2, -0.15) is 4.98 Å². The molecule has 0 spiro atoms. The second-order valence-electron chi connectivity index (χ2n) is 3.29. The van der Waals surface area contributed by atoms with Gasteiger partial charge in [0.05, 0.1) is 12.1 Å². The van der Waals surface area contributed by atoms with Gasteiger partial charge in [0.15, 0.2) is 11.6 Å². The van der Waals surface area contributed by atoms with Crippen LogP contribution in [0.25, 0.3) is 11.4 Å². The van der Waals surface area contributed by atoms with Gasteiger partial charge in [0.1, 0.15) is 6.67 Å². The van der Waals surface area contributed by atoms with Crippen molar-refractivity contribution >= 4 is 0 Å². The highest BCUT2D eigenvalue weighted by Crippen LogP contribution is 2.24. The highest BCUT2D eigenvalue weighted by molar-refractivity contribution is 5.56. The lowest BCUT2D eigenvalue weighted by Gasteiger charge is -2.01. The molecule has 90 valence electrons. The molecule has 0 aliphatic carbocycles. The summed E-state index contributed by atoms with van der Waals surface area (Å²) in [5.74, 6) is -2.37. The Labute approximate surface area is 94.2 Å². The zero-order valence-corrected chi connectivity index (χ0v) is 8.58. The van der Waals surface area contributed by atoms with Crippen molar-refractivity contribution in [1.82, 2.24) is 10.1 Å². The van der Waals surface area contributed by atoms with Crippen molar-refractivity contribution < 1.29 is 17.7 Å². The smallest absolute Gasteiger partial charge is 0.240 e. The van der Waals surface area contributed by atoms with E-state index < -0.39 is 18.3 Å². The maximum atomic E-state index is 13.5. The van der Waals surface area contributed by atoms with E-state index in [4.69, 9.17) is 5.73 Å². The van der Waals surface area contributed by atoms with Crippen LogP contribution < -0.4 is 5.73 Å². The van der Waals surface area contributed by atoms with Gasteiger partial charge < -0.3 is 10.3 Å². The van der Waals surface area contributed by atoms with Crippen LogP contribution in [0.4, 0.5) is 13.2 Å². The second kappa shape index (κ2) is 4.54. The summed E-state index contributed by atoms with van der Waals surface area (Å²) >= 11 is 0. The highest BCUT2D eigenvalue weighted by atomic mass is 19.2. The minimum absolute atomic E-state index is 0.00185. The third-order valence-corrected chi connectivity index (χ3v) is 2.13. The van der Waals surface area contributed by atoms with Gasteiger partial charge in [-0.1, -0.05) is 5.16 Å². The van der Waals surface area contributed by atoms with Crippen LogP contribution in [0.1, 0.15) is 11.5 Å². The van der Waals surface area contributed by atoms with Crippen molar-refractivity contribution in [3.63, 3.8) is 0 Å². The van der Waals surface area contributed by atoms with Crippen molar-refractivity contribution in [3.05, 3.63) is 35.2 Å². The predicted octanol–water partition coefficient (Wildman–Crippen LogP) is 1.94. The SMILES string of the molecule is NCc1nc(-c2cc(CF)cc(F)c2F)no1. The standard InChI is InChI=1S/C10H8F3N3O/c11-3-5-1-6(9(13)7(12)2-5)10-15-8(4-14)17-16-10/h1-2H,3-4,14H2. The first-order valence-electron chi connectivity index (χ1n) is 4.72. The van der Waals surface area contributed by atoms with Crippen LogP contribution in [0.3, 0.4) is 0 Å². The molecule has 0 aliphatic rings. The van der Waals surface area contributed by atoms with Gasteiger partial charge in [-0.25, -0.2) is 13.2 Å². The van der Waals surface area contributed by atoms with Crippen molar-refractivity contribution in [1.29, 1.82) is 0 Å². The normalized spacial score (nSPS) is 10.8. The summed E-state index contributed by atoms with van der Waals surface area (Å²) < 4.78 is 43.7. The summed E-state index contributed by atoms with van der Waals surface area (Å²) in [6.07, 6.45) is 0. The summed E-state index contributed by atoms with van der Waals surface area (Å²) in [4.78, 5) is 3.74. The first-order valence-corrected chi connectivity index (χ1v) is 4.72. The lowest BCUT2D eigenvalue weighted by molar-refractivity contribution is 0.380. The van der Waals surface area contributed by atoms with Crippen molar-refractivity contribution in [2.75, 3.05) is 0 Å². The van der Waals surface area contributed by atoms with Gasteiger partial charge in [0, 0.05) is 0 Å². The fourth-order valence-electron chi connectivity index (χ4n) is 1.33. The number of hydrogen-bond donors (Lipinski definition) is 1. The Morgan fingerprint density at radius 3 is 2.65 bits per heavy atom. The molecule has 0 atom stereocenters. The van der Waals surface area contributed by atoms with Crippen LogP contribution in [0, 0.1) is 11.6 Å². The topological polar surface area (TPSA) is 64.9 Å². The van der Waals surface area contributed by atoms with Crippen LogP contribution in [0.15, 0.2) is 16.7 Å². The van der Waals surface area contributed by atoms with E-state index in [1.165, 1.54) is 0 Å². The van der Waals surface area contributed by atoms with Gasteiger partial charge in [0.25, 0.3) is 0 Å². The molecule has 2 N–H and O–H groups in total. The Balaban J connectivity index is 2.53. The van der Waals surface area contributed by atoms with Gasteiger partial charge >= 0.3 is 0 Å². The molecule has 17 heavy (non-hydrogen) atoms. The summed E-state index contributed by atoms with van der Waals surface area (Å²) in [6.45, 7) is -0.925. The quantitative estimate of drug-likeness (QED) is 0.894. The molecule has 0 aliphatic heterocycles. The highest BCUT2D eigenvalue weighted by Gasteiger charge is 2.17. The van der Waals surface area contributed by atoms with E-state index in [9.17, 15) is 13.2 Å². The molecule has 0 saturated heterocycles. The molecule has 0 amide bonds. The van der Waals surface area contributed by atoms with Gasteiger partial charge in [-0.05, 0) is 17.7 Å². The molecule has 0 unspecified atom stereocenters. The Morgan fingerprint density at radius 1 is 1.29 bits per heavy atom. The molecule has 2 aromatic rings. The van der Waals surface area contributed by atoms with Gasteiger partial charge in [-0.3, -0.25) is 0 Å². The number of halogens is 3. The van der Waals surface area contributed by atoms with Crippen LogP contribution in [0.2, 0.25) is 0 Å². The molecule has 0 bridgehead atoms. The summed E-state index contributed by atoms with van der Waals surface area (Å²) in [7, 11) is 0. The third kappa shape index (κ3) is 2.14. The number of nitrogens with two attached hydrogens (primary N) is 1. The van der Waals surface area contributed by atoms with Gasteiger partial charge in [0.2, 0.25) is 11.7 Å². The molecule has 4 nitrogen and oxygen atoms in total. The van der Waals surface area contributed by atoms with E-state index in [2.05, 4.69) is 14.7 Å². The van der Waals surface area contributed by atoms with E-state index in [0.717, 1.165) is 12.1 Å². The van der Waals surface area contributed by atoms with Crippen LogP contribution in [0.5, 0.6) is 0 Å². The van der Waals surface area contributed by atoms with Crippen LogP contribution in [-0.4, -0.2) is 10.1 Å². The molecule has 2 rings (SSSR count). The minimum atomic E-state index is -1.16. The molecule has 7 heteroatoms. The average molecular weight is 243 g/mol. The fourth-order valence-corrected chi connectivity index (χ4v) is 1.33. The number of nitrogens with zero attached hydrogens (tertiary/aromatic N) is 2. The molecule has 0 radical (unpaired) electrons. The van der Waals surface area contributed by atoms with Crippen LogP contribution in [-0.2, 0) is 13.2 Å². The van der Waals surface area contributed by atoms with E-state index in [1.807, 2.05) is 0 Å². The summed E-state index contributed by atoms with van der Waals surface area (Å²) in [5, 5.41) is 3.44. The molecular weight excluding hydrogens is 235 g/mol. The summed E-state index contributed by atoms with van der Waals surface area (Å²) in [6, 6.07) is 1.91. The Hall–Kier alpha value is -1.89. The van der Waals surface area contributed by atoms with Crippen LogP contribution >= 0.6 is 0 Å². The summed E-state index contributed by atoms with van der Waals surface area (Å²) in [5.41, 5.74) is 4.99. The number of alkyl halides is 1. The Kier molecular flexibility index (Phi) is 3.10. The molecular formula is C10H8F3N3O. The van der Waals surface area contributed by atoms with E-state index in [0.29, 0.717) is 0 Å². The minimum Gasteiger partial charge on any atom is -0.338 e. The average Bonchev–Trinajstić information content (AvgIpc) is 2.81. The first kappa shape index (κ1) is 11.6. The molecule has 1 aromatic heterocycles. The number of hydrogen-bond acceptors (Lipinski definition) is 4. The van der Waals surface area contributed by atoms with E-state index in [-0.39, 0.29) is 29.4 Å². The van der Waals surface area contributed by atoms with Crippen molar-refractivity contribution in [2.45, 2.75) is 13.2 Å². The Bertz CT molecular complexity index is 542. The zero-order chi connectivity index (χ0) is 12.4. The number of rotatable bonds is 3. The first-order chi connectivity index (χ1) is 8.15. The Morgan fingerprint density at radius 2 is 2.06 bits per heavy atom. The lowest BCUT2D eigenvalue weighted by Crippen LogP contribution is -1.97. The van der Waals surface area contributed by atoms with Crippen molar-refractivity contribution in [2.24, 2.45) is 5.73 Å². The number of aromatic nitrogens is 2.